The molecule has 13 nitrogen and oxygen atoms in total. The summed E-state index contributed by atoms with van der Waals surface area (Å²) in [5, 5.41) is 34.5. The monoisotopic (exact) mass is 476 g/mol. The Balaban J connectivity index is 1.62. The zero-order chi connectivity index (χ0) is 24.5. The molecule has 0 radical (unpaired) electrons. The summed E-state index contributed by atoms with van der Waals surface area (Å²) in [5.41, 5.74) is 0. The Kier molecular flexibility index (Phi) is 10.6. The molecule has 2 amide bonds. The van der Waals surface area contributed by atoms with Gasteiger partial charge in [-0.1, -0.05) is 6.92 Å². The predicted octanol–water partition coefficient (Wildman–Crippen LogP) is -2.80. The number of carbonyl (C=O) groups is 4. The van der Waals surface area contributed by atoms with Gasteiger partial charge < -0.3 is 44.9 Å². The van der Waals surface area contributed by atoms with Crippen LogP contribution >= 0.6 is 0 Å². The molecule has 2 unspecified atom stereocenters. The molecule has 7 atom stereocenters. The van der Waals surface area contributed by atoms with Crippen molar-refractivity contribution in [2.24, 2.45) is 11.8 Å². The van der Waals surface area contributed by atoms with Crippen molar-refractivity contribution in [2.45, 2.75) is 57.3 Å². The van der Waals surface area contributed by atoms with E-state index in [0.717, 1.165) is 0 Å². The fourth-order valence-corrected chi connectivity index (χ4v) is 3.58. The molecular formula is C20H32N2O11. The van der Waals surface area contributed by atoms with Crippen molar-refractivity contribution >= 4 is 23.8 Å². The number of cyclic esters (lactones) is 2. The van der Waals surface area contributed by atoms with E-state index < -0.39 is 66.9 Å². The van der Waals surface area contributed by atoms with Crippen molar-refractivity contribution in [2.75, 3.05) is 33.0 Å². The number of nitrogens with one attached hydrogen (secondary N) is 2. The molecule has 0 saturated carbocycles. The second kappa shape index (κ2) is 12.9. The van der Waals surface area contributed by atoms with E-state index in [1.54, 1.807) is 6.92 Å². The van der Waals surface area contributed by atoms with E-state index in [4.69, 9.17) is 14.2 Å². The molecule has 0 aromatic heterocycles. The van der Waals surface area contributed by atoms with Crippen molar-refractivity contribution in [3.05, 3.63) is 0 Å². The van der Waals surface area contributed by atoms with Crippen LogP contribution in [0.15, 0.2) is 0 Å². The van der Waals surface area contributed by atoms with Crippen LogP contribution in [0.2, 0.25) is 0 Å². The number of aliphatic hydroxyl groups excluding tert-OH is 3. The average molecular weight is 476 g/mol. The van der Waals surface area contributed by atoms with Crippen molar-refractivity contribution in [1.29, 1.82) is 0 Å². The van der Waals surface area contributed by atoms with E-state index >= 15 is 0 Å². The molecule has 2 heterocycles. The molecular weight excluding hydrogens is 444 g/mol. The highest BCUT2D eigenvalue weighted by molar-refractivity contribution is 5.96. The first-order valence-electron chi connectivity index (χ1n) is 10.8. The molecule has 188 valence electrons. The van der Waals surface area contributed by atoms with Crippen molar-refractivity contribution in [3.8, 4) is 0 Å². The van der Waals surface area contributed by atoms with Gasteiger partial charge in [-0.2, -0.15) is 0 Å². The number of carbonyl (C=O) groups excluding carboxylic acids is 4. The van der Waals surface area contributed by atoms with Crippen LogP contribution in [0, 0.1) is 11.8 Å². The van der Waals surface area contributed by atoms with E-state index in [-0.39, 0.29) is 45.1 Å². The Hall–Kier alpha value is -2.16. The smallest absolute Gasteiger partial charge is 0.317 e. The van der Waals surface area contributed by atoms with Gasteiger partial charge in [-0.25, -0.2) is 0 Å². The molecule has 0 aromatic rings. The van der Waals surface area contributed by atoms with Gasteiger partial charge in [-0.3, -0.25) is 19.2 Å². The minimum absolute atomic E-state index is 0.0192. The Morgan fingerprint density at radius 2 is 1.82 bits per heavy atom. The van der Waals surface area contributed by atoms with Gasteiger partial charge >= 0.3 is 11.9 Å². The number of hydrogen-bond acceptors (Lipinski definition) is 11. The number of hydrogen-bond donors (Lipinski definition) is 5. The third-order valence-electron chi connectivity index (χ3n) is 5.49. The molecule has 2 saturated heterocycles. The number of amides is 2. The maximum absolute atomic E-state index is 11.9. The van der Waals surface area contributed by atoms with Crippen LogP contribution in [0.3, 0.4) is 0 Å². The summed E-state index contributed by atoms with van der Waals surface area (Å²) in [6.07, 6.45) is -4.67. The Morgan fingerprint density at radius 3 is 2.42 bits per heavy atom. The van der Waals surface area contributed by atoms with Crippen LogP contribution in [0.1, 0.15) is 26.7 Å². The van der Waals surface area contributed by atoms with E-state index in [2.05, 4.69) is 15.4 Å². The van der Waals surface area contributed by atoms with Gasteiger partial charge in [0.2, 0.25) is 11.8 Å². The van der Waals surface area contributed by atoms with Gasteiger partial charge in [0.25, 0.3) is 0 Å². The number of ether oxygens (including phenoxy) is 4. The van der Waals surface area contributed by atoms with E-state index in [1.165, 1.54) is 6.92 Å². The number of aliphatic hydroxyl groups is 3. The molecule has 2 aliphatic heterocycles. The third-order valence-corrected chi connectivity index (χ3v) is 5.49. The molecule has 0 aliphatic carbocycles. The highest BCUT2D eigenvalue weighted by Gasteiger charge is 2.45. The molecule has 2 fully saturated rings. The van der Waals surface area contributed by atoms with Gasteiger partial charge in [0, 0.05) is 19.9 Å². The van der Waals surface area contributed by atoms with Crippen molar-refractivity contribution < 1.29 is 53.4 Å². The Morgan fingerprint density at radius 1 is 1.09 bits per heavy atom. The normalized spacial score (nSPS) is 31.8. The first-order valence-corrected chi connectivity index (χ1v) is 10.8. The third kappa shape index (κ3) is 7.69. The summed E-state index contributed by atoms with van der Waals surface area (Å²) in [4.78, 5) is 46.1. The molecule has 2 rings (SSSR count). The lowest BCUT2D eigenvalue weighted by Crippen LogP contribution is -2.64. The van der Waals surface area contributed by atoms with Crippen LogP contribution in [0.5, 0.6) is 0 Å². The minimum atomic E-state index is -1.40. The van der Waals surface area contributed by atoms with Gasteiger partial charge in [-0.15, -0.1) is 0 Å². The average Bonchev–Trinajstić information content (AvgIpc) is 3.01. The van der Waals surface area contributed by atoms with Crippen molar-refractivity contribution in [3.63, 3.8) is 0 Å². The highest BCUT2D eigenvalue weighted by Crippen LogP contribution is 2.27. The standard InChI is InChI=1S/C20H32N2O11/c1-10-12(19(29)33-18(10)28)3-4-14(25)21-5-6-30-7-8-31-20-15(22-11(2)24)17(27)16(26)13(9-23)32-20/h10,12-13,15-17,20,23,26-27H,3-9H2,1-2H3,(H,21,25)(H,22,24)/t10?,12?,13-,15-,16+,17-,20-/m1/s1. The van der Waals surface area contributed by atoms with Gasteiger partial charge in [0.1, 0.15) is 24.4 Å². The van der Waals surface area contributed by atoms with Crippen LogP contribution < -0.4 is 10.6 Å². The molecule has 5 N–H and O–H groups in total. The molecule has 13 heteroatoms. The lowest BCUT2D eigenvalue weighted by Gasteiger charge is -2.42. The van der Waals surface area contributed by atoms with Crippen LogP contribution in [-0.2, 0) is 38.1 Å². The van der Waals surface area contributed by atoms with Crippen LogP contribution in [0.25, 0.3) is 0 Å². The van der Waals surface area contributed by atoms with Gasteiger partial charge in [0.15, 0.2) is 6.29 Å². The van der Waals surface area contributed by atoms with Crippen LogP contribution in [0.4, 0.5) is 0 Å². The summed E-state index contributed by atoms with van der Waals surface area (Å²) in [6.45, 7) is 2.81. The molecule has 33 heavy (non-hydrogen) atoms. The second-order valence-electron chi connectivity index (χ2n) is 7.94. The summed E-state index contributed by atoms with van der Waals surface area (Å²) in [5.74, 6) is -3.07. The molecule has 0 aromatic carbocycles. The lowest BCUT2D eigenvalue weighted by atomic mass is 9.92. The highest BCUT2D eigenvalue weighted by atomic mass is 16.7. The SMILES string of the molecule is CC(=O)N[C@H]1[C@H](OCCOCCNC(=O)CCC2C(=O)OC(=O)C2C)O[C@H](CO)[C@H](O)[C@@H]1O. The molecule has 0 bridgehead atoms. The number of esters is 2. The first-order chi connectivity index (χ1) is 15.6. The molecule has 2 aliphatic rings. The number of rotatable bonds is 12. The predicted molar refractivity (Wildman–Crippen MR) is 108 cm³/mol. The topological polar surface area (TPSA) is 190 Å². The van der Waals surface area contributed by atoms with Gasteiger partial charge in [0.05, 0.1) is 38.3 Å². The Labute approximate surface area is 190 Å². The quantitative estimate of drug-likeness (QED) is 0.111. The summed E-state index contributed by atoms with van der Waals surface area (Å²) >= 11 is 0. The summed E-state index contributed by atoms with van der Waals surface area (Å²) in [6, 6.07) is -1.03. The van der Waals surface area contributed by atoms with E-state index in [1.807, 2.05) is 0 Å². The first kappa shape index (κ1) is 27.1. The fraction of sp³-hybridized carbons (Fsp3) is 0.800. The minimum Gasteiger partial charge on any atom is -0.394 e. The maximum Gasteiger partial charge on any atom is 0.317 e. The largest absolute Gasteiger partial charge is 0.394 e. The zero-order valence-corrected chi connectivity index (χ0v) is 18.6. The second-order valence-corrected chi connectivity index (χ2v) is 7.94. The van der Waals surface area contributed by atoms with E-state index in [0.29, 0.717) is 0 Å². The summed E-state index contributed by atoms with van der Waals surface area (Å²) in [7, 11) is 0. The molecule has 0 spiro atoms. The van der Waals surface area contributed by atoms with Gasteiger partial charge in [-0.05, 0) is 6.42 Å². The van der Waals surface area contributed by atoms with Crippen molar-refractivity contribution in [1.82, 2.24) is 10.6 Å². The maximum atomic E-state index is 11.9. The van der Waals surface area contributed by atoms with Crippen LogP contribution in [-0.4, -0.2) is 103 Å². The van der Waals surface area contributed by atoms with E-state index in [9.17, 15) is 34.5 Å². The fourth-order valence-electron chi connectivity index (χ4n) is 3.58. The lowest BCUT2D eigenvalue weighted by molar-refractivity contribution is -0.272. The Bertz CT molecular complexity index is 703. The summed E-state index contributed by atoms with van der Waals surface area (Å²) < 4.78 is 20.8. The zero-order valence-electron chi connectivity index (χ0n) is 18.6.